The molecule has 4 atom stereocenters. The summed E-state index contributed by atoms with van der Waals surface area (Å²) in [6.45, 7) is 3.12. The largest absolute Gasteiger partial charge is 0.381 e. The summed E-state index contributed by atoms with van der Waals surface area (Å²) in [5, 5.41) is 6.77. The standard InChI is InChI=1S/C25H32N4O3.HI/c1-26-24(28-16-25(9-13-32-14-10-25)19-5-3-2-4-6-19)27-11-12-29-22(30)20-17-7-8-18(15-17)21(20)23(29)31;/h2-8,17-18,20-21H,9-16H2,1H3,(H2,26,27,28);1H. The molecule has 8 heteroatoms. The molecule has 5 rings (SSSR count). The van der Waals surface area contributed by atoms with Crippen molar-refractivity contribution in [1.82, 2.24) is 15.5 Å². The summed E-state index contributed by atoms with van der Waals surface area (Å²) >= 11 is 0. The van der Waals surface area contributed by atoms with Gasteiger partial charge in [0.25, 0.3) is 0 Å². The second-order valence-corrected chi connectivity index (χ2v) is 9.44. The Morgan fingerprint density at radius 2 is 1.70 bits per heavy atom. The summed E-state index contributed by atoms with van der Waals surface area (Å²) in [5.74, 6) is 0.944. The van der Waals surface area contributed by atoms with Crippen LogP contribution in [0.3, 0.4) is 0 Å². The van der Waals surface area contributed by atoms with Crippen molar-refractivity contribution in [3.05, 3.63) is 48.0 Å². The number of rotatable bonds is 6. The number of benzene rings is 1. The molecule has 1 saturated carbocycles. The molecule has 4 unspecified atom stereocenters. The van der Waals surface area contributed by atoms with E-state index in [9.17, 15) is 9.59 Å². The molecule has 1 aromatic rings. The first-order chi connectivity index (χ1) is 15.6. The van der Waals surface area contributed by atoms with Gasteiger partial charge in [-0.15, -0.1) is 24.0 Å². The minimum Gasteiger partial charge on any atom is -0.381 e. The molecule has 4 aliphatic rings. The normalized spacial score (nSPS) is 29.7. The van der Waals surface area contributed by atoms with E-state index >= 15 is 0 Å². The van der Waals surface area contributed by atoms with Crippen LogP contribution in [0.15, 0.2) is 47.5 Å². The number of imide groups is 1. The van der Waals surface area contributed by atoms with Crippen LogP contribution in [0, 0.1) is 23.7 Å². The molecular formula is C25H33IN4O3. The van der Waals surface area contributed by atoms with Crippen LogP contribution in [0.4, 0.5) is 0 Å². The molecule has 7 nitrogen and oxygen atoms in total. The Morgan fingerprint density at radius 1 is 1.06 bits per heavy atom. The van der Waals surface area contributed by atoms with Gasteiger partial charge in [0.2, 0.25) is 11.8 Å². The average molecular weight is 564 g/mol. The third-order valence-electron chi connectivity index (χ3n) is 7.84. The Labute approximate surface area is 212 Å². The van der Waals surface area contributed by atoms with Crippen LogP contribution < -0.4 is 10.6 Å². The van der Waals surface area contributed by atoms with E-state index in [0.29, 0.717) is 19.0 Å². The minimum absolute atomic E-state index is 0. The van der Waals surface area contributed by atoms with Crippen molar-refractivity contribution < 1.29 is 14.3 Å². The number of amides is 2. The fraction of sp³-hybridized carbons (Fsp3) is 0.560. The molecule has 2 aliphatic carbocycles. The number of fused-ring (bicyclic) bond motifs is 5. The van der Waals surface area contributed by atoms with Crippen molar-refractivity contribution in [2.24, 2.45) is 28.7 Å². The zero-order chi connectivity index (χ0) is 22.1. The van der Waals surface area contributed by atoms with Gasteiger partial charge in [-0.3, -0.25) is 19.5 Å². The zero-order valence-corrected chi connectivity index (χ0v) is 21.4. The molecule has 2 saturated heterocycles. The molecule has 2 bridgehead atoms. The summed E-state index contributed by atoms with van der Waals surface area (Å²) in [6, 6.07) is 10.6. The molecule has 2 amide bonds. The van der Waals surface area contributed by atoms with Gasteiger partial charge in [-0.1, -0.05) is 42.5 Å². The zero-order valence-electron chi connectivity index (χ0n) is 19.0. The maximum atomic E-state index is 12.8. The predicted molar refractivity (Wildman–Crippen MR) is 137 cm³/mol. The average Bonchev–Trinajstić information content (AvgIpc) is 3.52. The predicted octanol–water partition coefficient (Wildman–Crippen LogP) is 2.32. The van der Waals surface area contributed by atoms with E-state index in [1.165, 1.54) is 10.5 Å². The number of nitrogens with zero attached hydrogens (tertiary/aromatic N) is 2. The van der Waals surface area contributed by atoms with Crippen molar-refractivity contribution in [3.8, 4) is 0 Å². The van der Waals surface area contributed by atoms with Crippen LogP contribution in [0.2, 0.25) is 0 Å². The fourth-order valence-electron chi connectivity index (χ4n) is 6.07. The van der Waals surface area contributed by atoms with Gasteiger partial charge >= 0.3 is 0 Å². The number of hydrogen-bond donors (Lipinski definition) is 2. The molecular weight excluding hydrogens is 531 g/mol. The molecule has 0 radical (unpaired) electrons. The maximum Gasteiger partial charge on any atom is 0.233 e. The van der Waals surface area contributed by atoms with E-state index in [0.717, 1.165) is 39.0 Å². The van der Waals surface area contributed by atoms with Crippen molar-refractivity contribution in [2.75, 3.05) is 39.9 Å². The topological polar surface area (TPSA) is 83.0 Å². The van der Waals surface area contributed by atoms with Gasteiger partial charge in [0, 0.05) is 45.3 Å². The molecule has 3 fully saturated rings. The Morgan fingerprint density at radius 3 is 2.30 bits per heavy atom. The summed E-state index contributed by atoms with van der Waals surface area (Å²) in [5.41, 5.74) is 1.32. The molecule has 0 aromatic heterocycles. The number of allylic oxidation sites excluding steroid dienone is 2. The summed E-state index contributed by atoms with van der Waals surface area (Å²) < 4.78 is 5.62. The summed E-state index contributed by atoms with van der Waals surface area (Å²) in [6.07, 6.45) is 7.13. The van der Waals surface area contributed by atoms with Crippen LogP contribution >= 0.6 is 24.0 Å². The minimum atomic E-state index is -0.130. The highest BCUT2D eigenvalue weighted by Gasteiger charge is 2.58. The van der Waals surface area contributed by atoms with Gasteiger partial charge in [0.1, 0.15) is 0 Å². The number of carbonyl (C=O) groups excluding carboxylic acids is 2. The molecule has 2 aliphatic heterocycles. The van der Waals surface area contributed by atoms with Gasteiger partial charge in [0.05, 0.1) is 11.8 Å². The van der Waals surface area contributed by atoms with Gasteiger partial charge in [-0.2, -0.15) is 0 Å². The van der Waals surface area contributed by atoms with Gasteiger partial charge < -0.3 is 15.4 Å². The number of nitrogens with one attached hydrogen (secondary N) is 2. The van der Waals surface area contributed by atoms with E-state index in [-0.39, 0.29) is 64.9 Å². The number of halogens is 1. The monoisotopic (exact) mass is 564 g/mol. The molecule has 0 spiro atoms. The highest BCUT2D eigenvalue weighted by Crippen LogP contribution is 2.52. The number of ether oxygens (including phenoxy) is 1. The molecule has 1 aromatic carbocycles. The van der Waals surface area contributed by atoms with Crippen molar-refractivity contribution in [1.29, 1.82) is 0 Å². The van der Waals surface area contributed by atoms with E-state index in [1.54, 1.807) is 7.05 Å². The first-order valence-electron chi connectivity index (χ1n) is 11.7. The first kappa shape index (κ1) is 24.2. The number of guanidine groups is 1. The van der Waals surface area contributed by atoms with Crippen molar-refractivity contribution in [2.45, 2.75) is 24.7 Å². The Bertz CT molecular complexity index is 899. The third kappa shape index (κ3) is 4.43. The lowest BCUT2D eigenvalue weighted by Crippen LogP contribution is -2.49. The van der Waals surface area contributed by atoms with Crippen LogP contribution in [-0.2, 0) is 19.7 Å². The number of carbonyl (C=O) groups is 2. The molecule has 178 valence electrons. The Hall–Kier alpha value is -1.94. The lowest BCUT2D eigenvalue weighted by atomic mass is 9.74. The Kier molecular flexibility index (Phi) is 7.43. The smallest absolute Gasteiger partial charge is 0.233 e. The molecule has 2 heterocycles. The SMILES string of the molecule is CN=C(NCCN1C(=O)C2C3C=CC(C3)C2C1=O)NCC1(c2ccccc2)CCOCC1.I. The van der Waals surface area contributed by atoms with E-state index < -0.39 is 0 Å². The highest BCUT2D eigenvalue weighted by atomic mass is 127. The van der Waals surface area contributed by atoms with Gasteiger partial charge in [-0.25, -0.2) is 0 Å². The van der Waals surface area contributed by atoms with Gasteiger partial charge in [-0.05, 0) is 36.7 Å². The van der Waals surface area contributed by atoms with Crippen LogP contribution in [0.1, 0.15) is 24.8 Å². The maximum absolute atomic E-state index is 12.8. The fourth-order valence-corrected chi connectivity index (χ4v) is 6.07. The van der Waals surface area contributed by atoms with E-state index in [2.05, 4.69) is 52.0 Å². The van der Waals surface area contributed by atoms with Crippen LogP contribution in [0.25, 0.3) is 0 Å². The van der Waals surface area contributed by atoms with Crippen LogP contribution in [0.5, 0.6) is 0 Å². The second kappa shape index (κ2) is 10.1. The lowest BCUT2D eigenvalue weighted by molar-refractivity contribution is -0.140. The quantitative estimate of drug-likeness (QED) is 0.182. The van der Waals surface area contributed by atoms with Gasteiger partial charge in [0.15, 0.2) is 5.96 Å². The summed E-state index contributed by atoms with van der Waals surface area (Å²) in [7, 11) is 1.74. The van der Waals surface area contributed by atoms with Crippen molar-refractivity contribution >= 4 is 41.8 Å². The van der Waals surface area contributed by atoms with Crippen molar-refractivity contribution in [3.63, 3.8) is 0 Å². The lowest BCUT2D eigenvalue weighted by Gasteiger charge is -2.38. The van der Waals surface area contributed by atoms with E-state index in [4.69, 9.17) is 4.74 Å². The van der Waals surface area contributed by atoms with Crippen LogP contribution in [-0.4, -0.2) is 62.6 Å². The van der Waals surface area contributed by atoms with E-state index in [1.807, 2.05) is 6.07 Å². The number of aliphatic imine (C=N–C) groups is 1. The Balaban J connectivity index is 0.00000259. The first-order valence-corrected chi connectivity index (χ1v) is 11.7. The second-order valence-electron chi connectivity index (χ2n) is 9.44. The summed E-state index contributed by atoms with van der Waals surface area (Å²) in [4.78, 5) is 31.5. The number of likely N-dealkylation sites (tertiary alicyclic amines) is 1. The highest BCUT2D eigenvalue weighted by molar-refractivity contribution is 14.0. The number of hydrogen-bond acceptors (Lipinski definition) is 4. The third-order valence-corrected chi connectivity index (χ3v) is 7.84. The molecule has 2 N–H and O–H groups in total. The molecule has 33 heavy (non-hydrogen) atoms.